The molecule has 3 rings (SSSR count). The van der Waals surface area contributed by atoms with Gasteiger partial charge in [0.25, 0.3) is 5.91 Å². The maximum atomic E-state index is 13.1. The van der Waals surface area contributed by atoms with Crippen molar-refractivity contribution in [2.45, 2.75) is 25.5 Å². The van der Waals surface area contributed by atoms with Gasteiger partial charge in [0.2, 0.25) is 0 Å². The molecule has 1 N–H and O–H groups in total. The van der Waals surface area contributed by atoms with E-state index in [4.69, 9.17) is 4.74 Å². The van der Waals surface area contributed by atoms with Crippen LogP contribution in [0.5, 0.6) is 11.5 Å². The van der Waals surface area contributed by atoms with Crippen LogP contribution in [0.3, 0.4) is 0 Å². The molecule has 0 bridgehead atoms. The van der Waals surface area contributed by atoms with Gasteiger partial charge in [0.15, 0.2) is 5.78 Å². The van der Waals surface area contributed by atoms with E-state index in [1.54, 1.807) is 31.2 Å². The number of ketones is 1. The molecule has 1 fully saturated rings. The van der Waals surface area contributed by atoms with Crippen molar-refractivity contribution in [3.63, 3.8) is 0 Å². The van der Waals surface area contributed by atoms with Gasteiger partial charge in [-0.15, -0.1) is 0 Å². The molecule has 30 heavy (non-hydrogen) atoms. The first kappa shape index (κ1) is 21.2. The van der Waals surface area contributed by atoms with Crippen LogP contribution in [0.1, 0.15) is 29.3 Å². The van der Waals surface area contributed by atoms with Crippen molar-refractivity contribution in [2.24, 2.45) is 0 Å². The summed E-state index contributed by atoms with van der Waals surface area (Å²) in [6.45, 7) is -1.69. The number of benzene rings is 2. The van der Waals surface area contributed by atoms with Crippen LogP contribution in [0.25, 0.3) is 0 Å². The molecule has 2 aromatic rings. The maximum Gasteiger partial charge on any atom is 0.387 e. The molecule has 1 aliphatic rings. The number of alkyl halides is 2. The average Bonchev–Trinajstić information content (AvgIpc) is 2.99. The fourth-order valence-electron chi connectivity index (χ4n) is 3.34. The SMILES string of the molecule is CC[C@@]1(c2ccc(OC)cc2)NC(=O)N(CC(=O)c2ccc(OC(F)F)cc2)C1=O. The van der Waals surface area contributed by atoms with Crippen molar-refractivity contribution >= 4 is 17.7 Å². The first-order valence-corrected chi connectivity index (χ1v) is 9.17. The van der Waals surface area contributed by atoms with E-state index in [1.165, 1.54) is 31.4 Å². The van der Waals surface area contributed by atoms with Crippen molar-refractivity contribution in [3.05, 3.63) is 59.7 Å². The van der Waals surface area contributed by atoms with Gasteiger partial charge in [-0.25, -0.2) is 4.79 Å². The number of urea groups is 1. The van der Waals surface area contributed by atoms with E-state index in [-0.39, 0.29) is 17.7 Å². The van der Waals surface area contributed by atoms with E-state index in [1.807, 2.05) is 0 Å². The Balaban J connectivity index is 1.78. The summed E-state index contributed by atoms with van der Waals surface area (Å²) in [5.41, 5.74) is -0.540. The zero-order chi connectivity index (χ0) is 21.9. The zero-order valence-electron chi connectivity index (χ0n) is 16.4. The van der Waals surface area contributed by atoms with Gasteiger partial charge in [-0.2, -0.15) is 8.78 Å². The normalized spacial score (nSPS) is 18.5. The van der Waals surface area contributed by atoms with E-state index in [0.29, 0.717) is 11.3 Å². The third-order valence-corrected chi connectivity index (χ3v) is 4.99. The average molecular weight is 418 g/mol. The first-order valence-electron chi connectivity index (χ1n) is 9.17. The van der Waals surface area contributed by atoms with E-state index in [9.17, 15) is 23.2 Å². The smallest absolute Gasteiger partial charge is 0.387 e. The zero-order valence-corrected chi connectivity index (χ0v) is 16.4. The highest BCUT2D eigenvalue weighted by Gasteiger charge is 2.51. The highest BCUT2D eigenvalue weighted by molar-refractivity contribution is 6.11. The Hall–Kier alpha value is -3.49. The molecule has 0 aliphatic carbocycles. The summed E-state index contributed by atoms with van der Waals surface area (Å²) >= 11 is 0. The van der Waals surface area contributed by atoms with E-state index in [0.717, 1.165) is 4.90 Å². The number of nitrogens with zero attached hydrogens (tertiary/aromatic N) is 1. The van der Waals surface area contributed by atoms with Crippen LogP contribution >= 0.6 is 0 Å². The second kappa shape index (κ2) is 8.48. The van der Waals surface area contributed by atoms with E-state index >= 15 is 0 Å². The van der Waals surface area contributed by atoms with Gasteiger partial charge < -0.3 is 14.8 Å². The Morgan fingerprint density at radius 3 is 2.20 bits per heavy atom. The molecule has 7 nitrogen and oxygen atoms in total. The van der Waals surface area contributed by atoms with Crippen LogP contribution in [0.4, 0.5) is 13.6 Å². The molecule has 9 heteroatoms. The number of nitrogens with one attached hydrogen (secondary N) is 1. The largest absolute Gasteiger partial charge is 0.497 e. The quantitative estimate of drug-likeness (QED) is 0.525. The molecule has 1 saturated heterocycles. The summed E-state index contributed by atoms with van der Waals surface area (Å²) in [7, 11) is 1.52. The molecule has 1 atom stereocenters. The standard InChI is InChI=1S/C21H20F2N2O5/c1-3-21(14-6-10-15(29-2)11-7-14)18(27)25(20(28)24-21)12-17(26)13-4-8-16(9-5-13)30-19(22)23/h4-11,19H,3,12H2,1-2H3,(H,24,28)/t21-/m0/s1. The van der Waals surface area contributed by atoms with Crippen molar-refractivity contribution < 1.29 is 32.6 Å². The van der Waals surface area contributed by atoms with Crippen molar-refractivity contribution in [1.29, 1.82) is 0 Å². The summed E-state index contributed by atoms with van der Waals surface area (Å²) in [4.78, 5) is 39.1. The Bertz CT molecular complexity index is 947. The van der Waals surface area contributed by atoms with Gasteiger partial charge in [0, 0.05) is 5.56 Å². The van der Waals surface area contributed by atoms with Gasteiger partial charge in [-0.05, 0) is 48.4 Å². The van der Waals surface area contributed by atoms with Crippen LogP contribution in [0, 0.1) is 0 Å². The number of hydrogen-bond acceptors (Lipinski definition) is 5. The van der Waals surface area contributed by atoms with Crippen LogP contribution in [-0.2, 0) is 10.3 Å². The third-order valence-electron chi connectivity index (χ3n) is 4.99. The molecule has 0 aromatic heterocycles. The fourth-order valence-corrected chi connectivity index (χ4v) is 3.34. The fraction of sp³-hybridized carbons (Fsp3) is 0.286. The minimum Gasteiger partial charge on any atom is -0.497 e. The number of Topliss-reactive ketones (excluding diaryl/α,β-unsaturated/α-hetero) is 1. The maximum absolute atomic E-state index is 13.1. The molecule has 2 aromatic carbocycles. The topological polar surface area (TPSA) is 84.9 Å². The second-order valence-corrected chi connectivity index (χ2v) is 6.63. The highest BCUT2D eigenvalue weighted by Crippen LogP contribution is 2.33. The van der Waals surface area contributed by atoms with Gasteiger partial charge in [0.1, 0.15) is 17.0 Å². The van der Waals surface area contributed by atoms with Gasteiger partial charge >= 0.3 is 12.6 Å². The lowest BCUT2D eigenvalue weighted by Gasteiger charge is -2.26. The Morgan fingerprint density at radius 2 is 1.67 bits per heavy atom. The van der Waals surface area contributed by atoms with Crippen LogP contribution in [-0.4, -0.2) is 42.9 Å². The number of methoxy groups -OCH3 is 1. The number of hydrogen-bond donors (Lipinski definition) is 1. The van der Waals surface area contributed by atoms with Crippen molar-refractivity contribution in [2.75, 3.05) is 13.7 Å². The summed E-state index contributed by atoms with van der Waals surface area (Å²) < 4.78 is 33.8. The summed E-state index contributed by atoms with van der Waals surface area (Å²) in [5.74, 6) is -0.538. The molecule has 1 aliphatic heterocycles. The Labute approximate surface area is 171 Å². The molecular formula is C21H20F2N2O5. The second-order valence-electron chi connectivity index (χ2n) is 6.63. The van der Waals surface area contributed by atoms with Gasteiger partial charge in [-0.3, -0.25) is 14.5 Å². The molecular weight excluding hydrogens is 398 g/mol. The number of amides is 3. The number of rotatable bonds is 8. The lowest BCUT2D eigenvalue weighted by atomic mass is 9.87. The number of carbonyl (C=O) groups excluding carboxylic acids is 3. The summed E-state index contributed by atoms with van der Waals surface area (Å²) in [6.07, 6.45) is 0.286. The lowest BCUT2D eigenvalue weighted by molar-refractivity contribution is -0.131. The van der Waals surface area contributed by atoms with E-state index in [2.05, 4.69) is 10.1 Å². The molecule has 0 saturated carbocycles. The third kappa shape index (κ3) is 3.96. The molecule has 0 radical (unpaired) electrons. The Kier molecular flexibility index (Phi) is 6.00. The van der Waals surface area contributed by atoms with Crippen molar-refractivity contribution in [3.8, 4) is 11.5 Å². The molecule has 1 heterocycles. The number of imide groups is 1. The molecule has 158 valence electrons. The van der Waals surface area contributed by atoms with Crippen LogP contribution in [0.2, 0.25) is 0 Å². The predicted octanol–water partition coefficient (Wildman–Crippen LogP) is 3.34. The first-order chi connectivity index (χ1) is 14.3. The monoisotopic (exact) mass is 418 g/mol. The lowest BCUT2D eigenvalue weighted by Crippen LogP contribution is -2.43. The van der Waals surface area contributed by atoms with Gasteiger partial charge in [-0.1, -0.05) is 19.1 Å². The van der Waals surface area contributed by atoms with Crippen molar-refractivity contribution in [1.82, 2.24) is 10.2 Å². The molecule has 3 amide bonds. The number of carbonyl (C=O) groups is 3. The van der Waals surface area contributed by atoms with Crippen LogP contribution < -0.4 is 14.8 Å². The van der Waals surface area contributed by atoms with E-state index < -0.39 is 36.4 Å². The summed E-state index contributed by atoms with van der Waals surface area (Å²) in [6, 6.07) is 11.1. The molecule has 0 unspecified atom stereocenters. The van der Waals surface area contributed by atoms with Crippen LogP contribution in [0.15, 0.2) is 48.5 Å². The minimum absolute atomic E-state index is 0.0963. The molecule has 0 spiro atoms. The number of halogens is 2. The Morgan fingerprint density at radius 1 is 1.07 bits per heavy atom. The van der Waals surface area contributed by atoms with Gasteiger partial charge in [0.05, 0.1) is 13.7 Å². The highest BCUT2D eigenvalue weighted by atomic mass is 19.3. The summed E-state index contributed by atoms with van der Waals surface area (Å²) in [5, 5.41) is 2.70. The predicted molar refractivity (Wildman–Crippen MR) is 103 cm³/mol. The minimum atomic E-state index is -2.97. The number of ether oxygens (including phenoxy) is 2.